The van der Waals surface area contributed by atoms with Crippen molar-refractivity contribution in [2.45, 2.75) is 52.2 Å². The highest BCUT2D eigenvalue weighted by Crippen LogP contribution is 2.20. The van der Waals surface area contributed by atoms with Crippen LogP contribution in [-0.4, -0.2) is 22.2 Å². The standard InChI is InChI=1S/C12H22N2OS/c1-5-10-8-14-11(16-10)9(2)13-7-6-12(3,4)15/h8-9,13,15H,5-7H2,1-4H3. The summed E-state index contributed by atoms with van der Waals surface area (Å²) >= 11 is 1.76. The van der Waals surface area contributed by atoms with Crippen LogP contribution in [0, 0.1) is 0 Å². The Hall–Kier alpha value is -0.450. The fourth-order valence-corrected chi connectivity index (χ4v) is 2.25. The average Bonchev–Trinajstić information content (AvgIpc) is 2.63. The highest BCUT2D eigenvalue weighted by Gasteiger charge is 2.14. The number of hydrogen-bond acceptors (Lipinski definition) is 4. The first-order chi connectivity index (χ1) is 7.42. The second kappa shape index (κ2) is 5.75. The molecule has 0 aliphatic carbocycles. The van der Waals surface area contributed by atoms with Gasteiger partial charge in [0, 0.05) is 11.1 Å². The van der Waals surface area contributed by atoms with Crippen molar-refractivity contribution in [1.82, 2.24) is 10.3 Å². The Bertz CT molecular complexity index is 317. The Kier molecular flexibility index (Phi) is 4.89. The van der Waals surface area contributed by atoms with Crippen LogP contribution in [0.2, 0.25) is 0 Å². The van der Waals surface area contributed by atoms with E-state index >= 15 is 0 Å². The van der Waals surface area contributed by atoms with Crippen LogP contribution in [-0.2, 0) is 6.42 Å². The molecule has 0 fully saturated rings. The van der Waals surface area contributed by atoms with Crippen molar-refractivity contribution in [3.05, 3.63) is 16.1 Å². The molecule has 0 aromatic carbocycles. The highest BCUT2D eigenvalue weighted by molar-refractivity contribution is 7.11. The number of thiazole rings is 1. The summed E-state index contributed by atoms with van der Waals surface area (Å²) in [6.07, 6.45) is 3.76. The third kappa shape index (κ3) is 4.60. The van der Waals surface area contributed by atoms with Gasteiger partial charge in [0.1, 0.15) is 5.01 Å². The van der Waals surface area contributed by atoms with E-state index in [0.717, 1.165) is 24.4 Å². The number of hydrogen-bond donors (Lipinski definition) is 2. The van der Waals surface area contributed by atoms with E-state index in [1.807, 2.05) is 20.0 Å². The Morgan fingerprint density at radius 2 is 2.25 bits per heavy atom. The Morgan fingerprint density at radius 1 is 1.56 bits per heavy atom. The van der Waals surface area contributed by atoms with Gasteiger partial charge in [0.05, 0.1) is 11.6 Å². The number of nitrogens with zero attached hydrogens (tertiary/aromatic N) is 1. The normalized spacial score (nSPS) is 14.1. The molecule has 0 bridgehead atoms. The fourth-order valence-electron chi connectivity index (χ4n) is 1.37. The zero-order valence-corrected chi connectivity index (χ0v) is 11.4. The molecule has 0 spiro atoms. The zero-order chi connectivity index (χ0) is 12.2. The number of nitrogens with one attached hydrogen (secondary N) is 1. The lowest BCUT2D eigenvalue weighted by atomic mass is 10.1. The van der Waals surface area contributed by atoms with Crippen molar-refractivity contribution < 1.29 is 5.11 Å². The molecule has 0 saturated carbocycles. The van der Waals surface area contributed by atoms with E-state index in [1.165, 1.54) is 4.88 Å². The van der Waals surface area contributed by atoms with Gasteiger partial charge in [-0.1, -0.05) is 6.92 Å². The van der Waals surface area contributed by atoms with Gasteiger partial charge in [-0.25, -0.2) is 4.98 Å². The molecule has 0 amide bonds. The summed E-state index contributed by atoms with van der Waals surface area (Å²) in [5, 5.41) is 14.1. The molecule has 2 N–H and O–H groups in total. The third-order valence-electron chi connectivity index (χ3n) is 2.48. The molecule has 1 aromatic heterocycles. The van der Waals surface area contributed by atoms with Crippen molar-refractivity contribution in [1.29, 1.82) is 0 Å². The van der Waals surface area contributed by atoms with Crippen molar-refractivity contribution in [3.63, 3.8) is 0 Å². The van der Waals surface area contributed by atoms with Gasteiger partial charge in [0.2, 0.25) is 0 Å². The van der Waals surface area contributed by atoms with Gasteiger partial charge >= 0.3 is 0 Å². The molecular weight excluding hydrogens is 220 g/mol. The van der Waals surface area contributed by atoms with Crippen molar-refractivity contribution in [2.24, 2.45) is 0 Å². The third-order valence-corrected chi connectivity index (χ3v) is 3.80. The van der Waals surface area contributed by atoms with Gasteiger partial charge in [-0.15, -0.1) is 11.3 Å². The van der Waals surface area contributed by atoms with E-state index in [1.54, 1.807) is 11.3 Å². The predicted molar refractivity (Wildman–Crippen MR) is 68.8 cm³/mol. The maximum Gasteiger partial charge on any atom is 0.109 e. The number of rotatable bonds is 6. The molecule has 0 radical (unpaired) electrons. The molecule has 1 heterocycles. The Labute approximate surface area is 102 Å². The molecule has 1 aromatic rings. The van der Waals surface area contributed by atoms with Gasteiger partial charge in [-0.05, 0) is 40.2 Å². The molecule has 4 heteroatoms. The van der Waals surface area contributed by atoms with E-state index in [9.17, 15) is 5.11 Å². The maximum atomic E-state index is 9.59. The molecule has 16 heavy (non-hydrogen) atoms. The Morgan fingerprint density at radius 3 is 2.75 bits per heavy atom. The second-order valence-electron chi connectivity index (χ2n) is 4.76. The lowest BCUT2D eigenvalue weighted by molar-refractivity contribution is 0.0705. The van der Waals surface area contributed by atoms with E-state index < -0.39 is 5.60 Å². The van der Waals surface area contributed by atoms with Crippen LogP contribution in [0.5, 0.6) is 0 Å². The first kappa shape index (κ1) is 13.6. The zero-order valence-electron chi connectivity index (χ0n) is 10.6. The first-order valence-electron chi connectivity index (χ1n) is 5.82. The summed E-state index contributed by atoms with van der Waals surface area (Å²) in [4.78, 5) is 5.72. The van der Waals surface area contributed by atoms with Gasteiger partial charge in [0.15, 0.2) is 0 Å². The minimum atomic E-state index is -0.593. The number of aliphatic hydroxyl groups is 1. The topological polar surface area (TPSA) is 45.2 Å². The smallest absolute Gasteiger partial charge is 0.109 e. The molecule has 0 aliphatic rings. The second-order valence-corrected chi connectivity index (χ2v) is 5.90. The summed E-state index contributed by atoms with van der Waals surface area (Å²) in [6.45, 7) is 8.73. The predicted octanol–water partition coefficient (Wildman–Crippen LogP) is 2.52. The first-order valence-corrected chi connectivity index (χ1v) is 6.64. The lowest BCUT2D eigenvalue weighted by Crippen LogP contribution is -2.28. The Balaban J connectivity index is 2.37. The van der Waals surface area contributed by atoms with Crippen molar-refractivity contribution in [3.8, 4) is 0 Å². The van der Waals surface area contributed by atoms with E-state index in [2.05, 4.69) is 24.1 Å². The molecule has 3 nitrogen and oxygen atoms in total. The molecule has 0 aliphatic heterocycles. The molecule has 1 rings (SSSR count). The summed E-state index contributed by atoms with van der Waals surface area (Å²) in [5.41, 5.74) is -0.593. The summed E-state index contributed by atoms with van der Waals surface area (Å²) in [7, 11) is 0. The van der Waals surface area contributed by atoms with Crippen LogP contribution in [0.4, 0.5) is 0 Å². The van der Waals surface area contributed by atoms with E-state index in [4.69, 9.17) is 0 Å². The average molecular weight is 242 g/mol. The fraction of sp³-hybridized carbons (Fsp3) is 0.750. The van der Waals surface area contributed by atoms with Gasteiger partial charge in [-0.3, -0.25) is 0 Å². The lowest BCUT2D eigenvalue weighted by Gasteiger charge is -2.18. The summed E-state index contributed by atoms with van der Waals surface area (Å²) in [6, 6.07) is 0.271. The number of aryl methyl sites for hydroxylation is 1. The maximum absolute atomic E-state index is 9.59. The molecule has 0 saturated heterocycles. The van der Waals surface area contributed by atoms with Gasteiger partial charge < -0.3 is 10.4 Å². The highest BCUT2D eigenvalue weighted by atomic mass is 32.1. The minimum Gasteiger partial charge on any atom is -0.390 e. The SMILES string of the molecule is CCc1cnc(C(C)NCCC(C)(C)O)s1. The molecule has 1 atom stereocenters. The number of aromatic nitrogens is 1. The monoisotopic (exact) mass is 242 g/mol. The quantitative estimate of drug-likeness (QED) is 0.805. The molecule has 92 valence electrons. The molecule has 1 unspecified atom stereocenters. The van der Waals surface area contributed by atoms with Crippen LogP contribution in [0.15, 0.2) is 6.20 Å². The van der Waals surface area contributed by atoms with Crippen LogP contribution < -0.4 is 5.32 Å². The van der Waals surface area contributed by atoms with Crippen LogP contribution in [0.3, 0.4) is 0 Å². The van der Waals surface area contributed by atoms with Crippen LogP contribution in [0.25, 0.3) is 0 Å². The van der Waals surface area contributed by atoms with E-state index in [-0.39, 0.29) is 6.04 Å². The van der Waals surface area contributed by atoms with Crippen molar-refractivity contribution >= 4 is 11.3 Å². The summed E-state index contributed by atoms with van der Waals surface area (Å²) in [5.74, 6) is 0. The summed E-state index contributed by atoms with van der Waals surface area (Å²) < 4.78 is 0. The van der Waals surface area contributed by atoms with Crippen LogP contribution >= 0.6 is 11.3 Å². The van der Waals surface area contributed by atoms with Crippen LogP contribution in [0.1, 0.15) is 50.0 Å². The minimum absolute atomic E-state index is 0.271. The van der Waals surface area contributed by atoms with Gasteiger partial charge in [-0.2, -0.15) is 0 Å². The van der Waals surface area contributed by atoms with Gasteiger partial charge in [0.25, 0.3) is 0 Å². The van der Waals surface area contributed by atoms with E-state index in [0.29, 0.717) is 0 Å². The largest absolute Gasteiger partial charge is 0.390 e. The van der Waals surface area contributed by atoms with Crippen molar-refractivity contribution in [2.75, 3.05) is 6.54 Å². The molecular formula is C12H22N2OS.